The van der Waals surface area contributed by atoms with Crippen molar-refractivity contribution in [2.45, 2.75) is 45.1 Å². The molecule has 1 aliphatic carbocycles. The molecule has 1 saturated carbocycles. The Bertz CT molecular complexity index is 112. The van der Waals surface area contributed by atoms with Crippen molar-refractivity contribution >= 4 is 11.8 Å². The second kappa shape index (κ2) is 5.87. The van der Waals surface area contributed by atoms with E-state index in [1.165, 1.54) is 31.4 Å². The molecule has 1 rings (SSSR count). The van der Waals surface area contributed by atoms with Gasteiger partial charge in [0.05, 0.1) is 6.10 Å². The fourth-order valence-electron chi connectivity index (χ4n) is 1.55. The minimum atomic E-state index is -0.0353. The van der Waals surface area contributed by atoms with Gasteiger partial charge in [-0.3, -0.25) is 0 Å². The van der Waals surface area contributed by atoms with Crippen molar-refractivity contribution in [3.63, 3.8) is 0 Å². The molecule has 1 nitrogen and oxygen atoms in total. The number of aliphatic hydroxyl groups is 1. The van der Waals surface area contributed by atoms with Gasteiger partial charge in [-0.05, 0) is 24.5 Å². The van der Waals surface area contributed by atoms with Gasteiger partial charge < -0.3 is 5.11 Å². The largest absolute Gasteiger partial charge is 0.392 e. The van der Waals surface area contributed by atoms with Crippen LogP contribution in [0.5, 0.6) is 0 Å². The third-order valence-electron chi connectivity index (χ3n) is 2.49. The third-order valence-corrected chi connectivity index (χ3v) is 3.81. The monoisotopic (exact) mass is 188 g/mol. The fraction of sp³-hybridized carbons (Fsp3) is 1.00. The van der Waals surface area contributed by atoms with Gasteiger partial charge in [-0.1, -0.05) is 26.2 Å². The summed E-state index contributed by atoms with van der Waals surface area (Å²) in [4.78, 5) is 0. The van der Waals surface area contributed by atoms with E-state index in [4.69, 9.17) is 0 Å². The average Bonchev–Trinajstić information content (AvgIpc) is 1.98. The molecule has 0 aromatic heterocycles. The van der Waals surface area contributed by atoms with Gasteiger partial charge in [-0.15, -0.1) is 0 Å². The maximum absolute atomic E-state index is 9.59. The lowest BCUT2D eigenvalue weighted by Gasteiger charge is -2.27. The average molecular weight is 188 g/mol. The van der Waals surface area contributed by atoms with Crippen LogP contribution in [0.15, 0.2) is 0 Å². The number of rotatable bonds is 6. The molecule has 0 aromatic carbocycles. The first kappa shape index (κ1) is 10.4. The Morgan fingerprint density at radius 2 is 2.25 bits per heavy atom. The van der Waals surface area contributed by atoms with Crippen LogP contribution in [0.4, 0.5) is 0 Å². The normalized spacial score (nSPS) is 20.5. The van der Waals surface area contributed by atoms with Crippen LogP contribution in [-0.2, 0) is 0 Å². The van der Waals surface area contributed by atoms with Crippen LogP contribution in [0, 0.1) is 5.92 Å². The first-order valence-corrected chi connectivity index (χ1v) is 6.24. The molecule has 2 heteroatoms. The highest BCUT2D eigenvalue weighted by atomic mass is 32.2. The van der Waals surface area contributed by atoms with Gasteiger partial charge >= 0.3 is 0 Å². The van der Waals surface area contributed by atoms with E-state index in [0.29, 0.717) is 0 Å². The minimum absolute atomic E-state index is 0.0353. The van der Waals surface area contributed by atoms with Crippen molar-refractivity contribution in [2.75, 3.05) is 11.5 Å². The minimum Gasteiger partial charge on any atom is -0.392 e. The Morgan fingerprint density at radius 1 is 1.50 bits per heavy atom. The maximum Gasteiger partial charge on any atom is 0.0633 e. The van der Waals surface area contributed by atoms with Gasteiger partial charge in [-0.2, -0.15) is 11.8 Å². The molecule has 0 radical (unpaired) electrons. The molecule has 0 saturated heterocycles. The second-order valence-corrected chi connectivity index (χ2v) is 4.91. The van der Waals surface area contributed by atoms with Crippen molar-refractivity contribution in [3.8, 4) is 0 Å². The SMILES string of the molecule is CCCSCC(O)CC1CCC1. The predicted molar refractivity (Wildman–Crippen MR) is 55.6 cm³/mol. The summed E-state index contributed by atoms with van der Waals surface area (Å²) in [6, 6.07) is 0. The molecular formula is C10H20OS. The quantitative estimate of drug-likeness (QED) is 0.647. The van der Waals surface area contributed by atoms with Crippen LogP contribution in [0.3, 0.4) is 0 Å². The van der Waals surface area contributed by atoms with Crippen molar-refractivity contribution in [2.24, 2.45) is 5.92 Å². The van der Waals surface area contributed by atoms with Gasteiger partial charge in [0, 0.05) is 5.75 Å². The zero-order valence-electron chi connectivity index (χ0n) is 7.96. The molecule has 1 N–H and O–H groups in total. The standard InChI is InChI=1S/C10H20OS/c1-2-6-12-8-10(11)7-9-4-3-5-9/h9-11H,2-8H2,1H3. The van der Waals surface area contributed by atoms with Crippen LogP contribution >= 0.6 is 11.8 Å². The Balaban J connectivity index is 1.91. The van der Waals surface area contributed by atoms with Crippen LogP contribution in [0.1, 0.15) is 39.0 Å². The summed E-state index contributed by atoms with van der Waals surface area (Å²) in [5.74, 6) is 2.99. The van der Waals surface area contributed by atoms with Crippen LogP contribution < -0.4 is 0 Å². The maximum atomic E-state index is 9.59. The lowest BCUT2D eigenvalue weighted by molar-refractivity contribution is 0.136. The highest BCUT2D eigenvalue weighted by Crippen LogP contribution is 2.30. The molecule has 72 valence electrons. The Kier molecular flexibility index (Phi) is 5.08. The molecule has 12 heavy (non-hydrogen) atoms. The molecule has 0 aromatic rings. The van der Waals surface area contributed by atoms with Gasteiger partial charge in [0.15, 0.2) is 0 Å². The number of hydrogen-bond donors (Lipinski definition) is 1. The molecule has 0 amide bonds. The summed E-state index contributed by atoms with van der Waals surface area (Å²) in [6.07, 6.45) is 6.34. The highest BCUT2D eigenvalue weighted by Gasteiger charge is 2.20. The predicted octanol–water partition coefficient (Wildman–Crippen LogP) is 2.68. The molecule has 0 bridgehead atoms. The highest BCUT2D eigenvalue weighted by molar-refractivity contribution is 7.99. The molecule has 0 heterocycles. The first-order chi connectivity index (χ1) is 5.83. The zero-order valence-corrected chi connectivity index (χ0v) is 8.78. The molecular weight excluding hydrogens is 168 g/mol. The van der Waals surface area contributed by atoms with E-state index in [-0.39, 0.29) is 6.10 Å². The van der Waals surface area contributed by atoms with Gasteiger partial charge in [-0.25, -0.2) is 0 Å². The van der Waals surface area contributed by atoms with E-state index in [9.17, 15) is 5.11 Å². The van der Waals surface area contributed by atoms with Gasteiger partial charge in [0.25, 0.3) is 0 Å². The lowest BCUT2D eigenvalue weighted by atomic mass is 9.82. The van der Waals surface area contributed by atoms with Gasteiger partial charge in [0.1, 0.15) is 0 Å². The molecule has 1 fully saturated rings. The summed E-state index contributed by atoms with van der Waals surface area (Å²) in [5, 5.41) is 9.59. The van der Waals surface area contributed by atoms with E-state index >= 15 is 0 Å². The Morgan fingerprint density at radius 3 is 2.75 bits per heavy atom. The number of aliphatic hydroxyl groups excluding tert-OH is 1. The molecule has 0 aliphatic heterocycles. The Hall–Kier alpha value is 0.310. The van der Waals surface area contributed by atoms with E-state index < -0.39 is 0 Å². The van der Waals surface area contributed by atoms with Crippen molar-refractivity contribution in [1.82, 2.24) is 0 Å². The topological polar surface area (TPSA) is 20.2 Å². The second-order valence-electron chi connectivity index (χ2n) is 3.76. The van der Waals surface area contributed by atoms with E-state index in [1.54, 1.807) is 0 Å². The molecule has 1 unspecified atom stereocenters. The fourth-order valence-corrected chi connectivity index (χ4v) is 2.41. The van der Waals surface area contributed by atoms with Crippen LogP contribution in [0.2, 0.25) is 0 Å². The molecule has 1 atom stereocenters. The number of hydrogen-bond acceptors (Lipinski definition) is 2. The van der Waals surface area contributed by atoms with Gasteiger partial charge in [0.2, 0.25) is 0 Å². The lowest BCUT2D eigenvalue weighted by Crippen LogP contribution is -2.20. The summed E-state index contributed by atoms with van der Waals surface area (Å²) in [5.41, 5.74) is 0. The first-order valence-electron chi connectivity index (χ1n) is 5.08. The van der Waals surface area contributed by atoms with Crippen molar-refractivity contribution in [1.29, 1.82) is 0 Å². The molecule has 1 aliphatic rings. The van der Waals surface area contributed by atoms with Crippen molar-refractivity contribution in [3.05, 3.63) is 0 Å². The summed E-state index contributed by atoms with van der Waals surface area (Å²) < 4.78 is 0. The van der Waals surface area contributed by atoms with E-state index in [0.717, 1.165) is 18.1 Å². The van der Waals surface area contributed by atoms with Crippen LogP contribution in [0.25, 0.3) is 0 Å². The smallest absolute Gasteiger partial charge is 0.0633 e. The summed E-state index contributed by atoms with van der Waals surface area (Å²) in [6.45, 7) is 2.19. The summed E-state index contributed by atoms with van der Waals surface area (Å²) in [7, 11) is 0. The third kappa shape index (κ3) is 3.81. The van der Waals surface area contributed by atoms with Crippen LogP contribution in [-0.4, -0.2) is 22.7 Å². The van der Waals surface area contributed by atoms with E-state index in [1.807, 2.05) is 11.8 Å². The molecule has 0 spiro atoms. The summed E-state index contributed by atoms with van der Waals surface area (Å²) >= 11 is 1.89. The van der Waals surface area contributed by atoms with Crippen molar-refractivity contribution < 1.29 is 5.11 Å². The number of thioether (sulfide) groups is 1. The Labute approximate surface area is 79.9 Å². The zero-order chi connectivity index (χ0) is 8.81. The van der Waals surface area contributed by atoms with E-state index in [2.05, 4.69) is 6.92 Å².